The van der Waals surface area contributed by atoms with Gasteiger partial charge in [-0.2, -0.15) is 5.66 Å². The van der Waals surface area contributed by atoms with Crippen molar-refractivity contribution >= 4 is 14.1 Å². The van der Waals surface area contributed by atoms with Gasteiger partial charge in [-0.25, -0.2) is 0 Å². The molecular formula is C14H20LiOP. The summed E-state index contributed by atoms with van der Waals surface area (Å²) in [6.45, 7) is 10.4. The third-order valence-electron chi connectivity index (χ3n) is 3.09. The van der Waals surface area contributed by atoms with E-state index >= 15 is 0 Å². The van der Waals surface area contributed by atoms with Crippen LogP contribution in [-0.4, -0.2) is 11.2 Å². The fourth-order valence-electron chi connectivity index (χ4n) is 1.64. The summed E-state index contributed by atoms with van der Waals surface area (Å²) in [6.07, 6.45) is 1.05. The number of carbonyl (C=O) groups is 1. The van der Waals surface area contributed by atoms with Crippen molar-refractivity contribution < 1.29 is 23.7 Å². The van der Waals surface area contributed by atoms with Crippen molar-refractivity contribution in [3.05, 3.63) is 34.4 Å². The first-order valence-electron chi connectivity index (χ1n) is 5.79. The Kier molecular flexibility index (Phi) is 7.34. The Balaban J connectivity index is 0.00000256. The summed E-state index contributed by atoms with van der Waals surface area (Å²) >= 11 is 0. The van der Waals surface area contributed by atoms with Crippen LogP contribution in [0.5, 0.6) is 0 Å². The number of hydrogen-bond donors (Lipinski definition) is 0. The van der Waals surface area contributed by atoms with E-state index in [0.29, 0.717) is 5.66 Å². The molecule has 0 spiro atoms. The number of aryl methyl sites for hydroxylation is 2. The minimum atomic E-state index is 0. The molecule has 1 rings (SSSR count). The second kappa shape index (κ2) is 7.37. The van der Waals surface area contributed by atoms with Crippen LogP contribution in [0.25, 0.3) is 0 Å². The molecule has 0 saturated carbocycles. The van der Waals surface area contributed by atoms with E-state index in [0.717, 1.165) is 31.7 Å². The van der Waals surface area contributed by atoms with E-state index in [1.54, 1.807) is 0 Å². The molecule has 17 heavy (non-hydrogen) atoms. The first-order valence-corrected chi connectivity index (χ1v) is 6.75. The smallest absolute Gasteiger partial charge is 0.457 e. The SMILES string of the molecule is CCC(C)[P-]C(=O)c1c(C)ccc(C)c1C.[Li+]. The van der Waals surface area contributed by atoms with Crippen LogP contribution >= 0.6 is 8.58 Å². The monoisotopic (exact) mass is 242 g/mol. The second-order valence-corrected chi connectivity index (χ2v) is 5.94. The van der Waals surface area contributed by atoms with Crippen LogP contribution in [0, 0.1) is 20.8 Å². The molecule has 88 valence electrons. The number of hydrogen-bond acceptors (Lipinski definition) is 1. The molecule has 0 fully saturated rings. The van der Waals surface area contributed by atoms with Crippen LogP contribution in [-0.2, 0) is 0 Å². The van der Waals surface area contributed by atoms with Gasteiger partial charge in [-0.05, 0) is 43.0 Å². The zero-order valence-corrected chi connectivity index (χ0v) is 12.7. The number of carbonyl (C=O) groups excluding carboxylic acids is 1. The Labute approximate surface area is 119 Å². The Morgan fingerprint density at radius 3 is 2.29 bits per heavy atom. The van der Waals surface area contributed by atoms with Gasteiger partial charge in [0.25, 0.3) is 0 Å². The zero-order valence-electron chi connectivity index (χ0n) is 11.8. The average molecular weight is 242 g/mol. The van der Waals surface area contributed by atoms with Gasteiger partial charge in [-0.3, -0.25) is 0 Å². The Hall–Kier alpha value is -0.0826. The van der Waals surface area contributed by atoms with Gasteiger partial charge >= 0.3 is 18.9 Å². The number of rotatable bonds is 4. The molecule has 0 saturated heterocycles. The largest absolute Gasteiger partial charge is 1.00 e. The molecule has 0 aliphatic rings. The van der Waals surface area contributed by atoms with Crippen molar-refractivity contribution in [2.45, 2.75) is 46.7 Å². The molecule has 0 aliphatic carbocycles. The predicted molar refractivity (Wildman–Crippen MR) is 71.7 cm³/mol. The van der Waals surface area contributed by atoms with Gasteiger partial charge in [0, 0.05) is 5.52 Å². The van der Waals surface area contributed by atoms with Gasteiger partial charge < -0.3 is 13.4 Å². The molecule has 1 aromatic rings. The molecule has 0 N–H and O–H groups in total. The van der Waals surface area contributed by atoms with Crippen LogP contribution in [0.1, 0.15) is 47.3 Å². The molecule has 1 aromatic carbocycles. The maximum atomic E-state index is 12.2. The van der Waals surface area contributed by atoms with Gasteiger partial charge in [0.15, 0.2) is 0 Å². The van der Waals surface area contributed by atoms with Gasteiger partial charge in [-0.15, -0.1) is 0 Å². The first kappa shape index (κ1) is 16.9. The van der Waals surface area contributed by atoms with E-state index in [1.165, 1.54) is 5.56 Å². The predicted octanol–water partition coefficient (Wildman–Crippen LogP) is 1.50. The van der Waals surface area contributed by atoms with Crippen molar-refractivity contribution in [3.63, 3.8) is 0 Å². The molecule has 0 aliphatic heterocycles. The topological polar surface area (TPSA) is 17.1 Å². The summed E-state index contributed by atoms with van der Waals surface area (Å²) < 4.78 is 0. The summed E-state index contributed by atoms with van der Waals surface area (Å²) in [6, 6.07) is 4.13. The quantitative estimate of drug-likeness (QED) is 0.577. The molecule has 0 bridgehead atoms. The molecule has 0 aromatic heterocycles. The normalized spacial score (nSPS) is 12.5. The summed E-state index contributed by atoms with van der Waals surface area (Å²) in [5.41, 5.74) is 5.10. The van der Waals surface area contributed by atoms with Gasteiger partial charge in [0.2, 0.25) is 0 Å². The standard InChI is InChI=1S/C14H20OP.Li/c1-6-11(4)16-14(15)13-10(3)8-7-9(2)12(13)5;/h7-8,11H,6H2,1-5H3;/q-1;+1. The Bertz CT molecular complexity index is 401. The molecule has 0 heterocycles. The van der Waals surface area contributed by atoms with Crippen molar-refractivity contribution in [1.82, 2.24) is 0 Å². The third kappa shape index (κ3) is 4.26. The van der Waals surface area contributed by atoms with Crippen molar-refractivity contribution in [3.8, 4) is 0 Å². The van der Waals surface area contributed by atoms with E-state index in [-0.39, 0.29) is 24.4 Å². The van der Waals surface area contributed by atoms with Crippen LogP contribution in [0.3, 0.4) is 0 Å². The van der Waals surface area contributed by atoms with Crippen LogP contribution in [0.4, 0.5) is 0 Å². The molecule has 0 radical (unpaired) electrons. The number of benzene rings is 1. The molecule has 1 atom stereocenters. The van der Waals surface area contributed by atoms with Crippen molar-refractivity contribution in [1.29, 1.82) is 0 Å². The summed E-state index contributed by atoms with van der Waals surface area (Å²) in [5, 5.41) is 0. The van der Waals surface area contributed by atoms with Crippen LogP contribution < -0.4 is 18.9 Å². The van der Waals surface area contributed by atoms with Crippen LogP contribution in [0.15, 0.2) is 12.1 Å². The summed E-state index contributed by atoms with van der Waals surface area (Å²) in [7, 11) is 0.929. The Morgan fingerprint density at radius 1 is 1.24 bits per heavy atom. The fraction of sp³-hybridized carbons (Fsp3) is 0.500. The summed E-state index contributed by atoms with van der Waals surface area (Å²) in [4.78, 5) is 12.2. The molecule has 1 nitrogen and oxygen atoms in total. The van der Waals surface area contributed by atoms with Crippen molar-refractivity contribution in [2.75, 3.05) is 0 Å². The van der Waals surface area contributed by atoms with E-state index < -0.39 is 0 Å². The first-order chi connectivity index (χ1) is 7.47. The van der Waals surface area contributed by atoms with Gasteiger partial charge in [0.1, 0.15) is 0 Å². The van der Waals surface area contributed by atoms with E-state index in [9.17, 15) is 4.79 Å². The molecule has 3 heteroatoms. The minimum absolute atomic E-state index is 0. The van der Waals surface area contributed by atoms with Gasteiger partial charge in [-0.1, -0.05) is 32.4 Å². The van der Waals surface area contributed by atoms with Crippen LogP contribution in [0.2, 0.25) is 0 Å². The van der Waals surface area contributed by atoms with E-state index in [2.05, 4.69) is 26.8 Å². The third-order valence-corrected chi connectivity index (χ3v) is 4.35. The minimum Gasteiger partial charge on any atom is -0.457 e. The van der Waals surface area contributed by atoms with Gasteiger partial charge in [0.05, 0.1) is 0 Å². The van der Waals surface area contributed by atoms with E-state index in [4.69, 9.17) is 0 Å². The average Bonchev–Trinajstić information content (AvgIpc) is 2.24. The molecule has 0 amide bonds. The second-order valence-electron chi connectivity index (χ2n) is 4.39. The fourth-order valence-corrected chi connectivity index (χ4v) is 2.69. The summed E-state index contributed by atoms with van der Waals surface area (Å²) in [5.74, 6) is 0. The molecular weight excluding hydrogens is 222 g/mol. The maximum Gasteiger partial charge on any atom is 1.00 e. The molecule has 1 unspecified atom stereocenters. The van der Waals surface area contributed by atoms with E-state index in [1.807, 2.05) is 19.9 Å². The maximum absolute atomic E-state index is 12.2. The van der Waals surface area contributed by atoms with Crippen molar-refractivity contribution in [2.24, 2.45) is 0 Å². The Morgan fingerprint density at radius 2 is 1.76 bits per heavy atom. The zero-order chi connectivity index (χ0) is 12.3.